The van der Waals surface area contributed by atoms with Crippen LogP contribution in [-0.2, 0) is 16.1 Å². The van der Waals surface area contributed by atoms with E-state index in [1.165, 1.54) is 4.90 Å². The smallest absolute Gasteiger partial charge is 0.330 e. The van der Waals surface area contributed by atoms with E-state index in [-0.39, 0.29) is 36.5 Å². The molecule has 1 atom stereocenters. The summed E-state index contributed by atoms with van der Waals surface area (Å²) in [4.78, 5) is 40.7. The minimum atomic E-state index is -0.688. The third-order valence-electron chi connectivity index (χ3n) is 6.08. The maximum Gasteiger partial charge on any atom is 0.330 e. The molecule has 2 aliphatic rings. The molecule has 3 aromatic rings. The van der Waals surface area contributed by atoms with Gasteiger partial charge >= 0.3 is 5.69 Å². The first kappa shape index (κ1) is 20.1. The molecule has 0 N–H and O–H groups in total. The third-order valence-corrected chi connectivity index (χ3v) is 6.57. The van der Waals surface area contributed by atoms with E-state index in [1.807, 2.05) is 30.3 Å². The molecule has 160 valence electrons. The number of fused-ring (bicyclic) bond motifs is 1. The van der Waals surface area contributed by atoms with Crippen molar-refractivity contribution in [3.63, 3.8) is 0 Å². The summed E-state index contributed by atoms with van der Waals surface area (Å²) >= 11 is 3.49. The van der Waals surface area contributed by atoms with Crippen LogP contribution in [0.5, 0.6) is 5.75 Å². The molecule has 1 aliphatic heterocycles. The van der Waals surface area contributed by atoms with Gasteiger partial charge in [0.2, 0.25) is 5.91 Å². The zero-order valence-corrected chi connectivity index (χ0v) is 18.7. The lowest BCUT2D eigenvalue weighted by molar-refractivity contribution is -0.151. The topological polar surface area (TPSA) is 73.5 Å². The molecule has 0 spiro atoms. The molecular formula is C23H22BrN3O4. The largest absolute Gasteiger partial charge is 0.497 e. The van der Waals surface area contributed by atoms with Crippen molar-refractivity contribution in [3.05, 3.63) is 63.0 Å². The van der Waals surface area contributed by atoms with E-state index in [0.717, 1.165) is 33.9 Å². The summed E-state index contributed by atoms with van der Waals surface area (Å²) in [6.07, 6.45) is 2.49. The van der Waals surface area contributed by atoms with Gasteiger partial charge in [0.05, 0.1) is 24.7 Å². The zero-order valence-electron chi connectivity index (χ0n) is 17.1. The fourth-order valence-corrected chi connectivity index (χ4v) is 4.69. The number of aromatic nitrogens is 2. The number of hydrogen-bond donors (Lipinski definition) is 0. The monoisotopic (exact) mass is 483 g/mol. The highest BCUT2D eigenvalue weighted by Crippen LogP contribution is 2.38. The van der Waals surface area contributed by atoms with Crippen LogP contribution in [-0.4, -0.2) is 33.0 Å². The highest BCUT2D eigenvalue weighted by Gasteiger charge is 2.39. The zero-order chi connectivity index (χ0) is 21.7. The average Bonchev–Trinajstić information content (AvgIpc) is 3.55. The van der Waals surface area contributed by atoms with Gasteiger partial charge in [-0.2, -0.15) is 0 Å². The number of carbonyl (C=O) groups is 2. The molecule has 2 heterocycles. The quantitative estimate of drug-likeness (QED) is 0.517. The molecule has 1 aliphatic carbocycles. The Bertz CT molecular complexity index is 1240. The molecule has 2 amide bonds. The summed E-state index contributed by atoms with van der Waals surface area (Å²) in [7, 11) is 1.59. The first-order valence-corrected chi connectivity index (χ1v) is 11.2. The predicted molar refractivity (Wildman–Crippen MR) is 119 cm³/mol. The number of rotatable bonds is 5. The Kier molecular flexibility index (Phi) is 4.97. The van der Waals surface area contributed by atoms with E-state index in [1.54, 1.807) is 28.4 Å². The Balaban J connectivity index is 1.53. The molecule has 8 heteroatoms. The Morgan fingerprint density at radius 3 is 2.39 bits per heavy atom. The normalized spacial score (nSPS) is 19.3. The van der Waals surface area contributed by atoms with E-state index in [2.05, 4.69) is 15.9 Å². The van der Waals surface area contributed by atoms with Gasteiger partial charge in [-0.25, -0.2) is 4.79 Å². The van der Waals surface area contributed by atoms with Crippen LogP contribution in [0.15, 0.2) is 51.7 Å². The Morgan fingerprint density at radius 2 is 1.71 bits per heavy atom. The van der Waals surface area contributed by atoms with Crippen molar-refractivity contribution >= 4 is 38.8 Å². The number of amides is 2. The molecular weight excluding hydrogens is 462 g/mol. The third kappa shape index (κ3) is 3.48. The summed E-state index contributed by atoms with van der Waals surface area (Å²) in [5.74, 6) is 0.175. The molecule has 5 rings (SSSR count). The number of halogens is 1. The van der Waals surface area contributed by atoms with Crippen LogP contribution in [0.25, 0.3) is 11.0 Å². The first-order chi connectivity index (χ1) is 15.0. The van der Waals surface area contributed by atoms with Gasteiger partial charge in [0.1, 0.15) is 11.8 Å². The highest BCUT2D eigenvalue weighted by atomic mass is 79.9. The fourth-order valence-electron chi connectivity index (χ4n) is 4.34. The number of piperidine rings is 1. The maximum absolute atomic E-state index is 13.4. The molecule has 31 heavy (non-hydrogen) atoms. The number of imidazole rings is 1. The number of imide groups is 1. The summed E-state index contributed by atoms with van der Waals surface area (Å²) < 4.78 is 9.46. The van der Waals surface area contributed by atoms with Gasteiger partial charge in [-0.3, -0.25) is 23.6 Å². The number of benzene rings is 2. The van der Waals surface area contributed by atoms with Gasteiger partial charge in [-0.15, -0.1) is 0 Å². The van der Waals surface area contributed by atoms with Crippen LogP contribution in [0.2, 0.25) is 0 Å². The number of ether oxygens (including phenoxy) is 1. The van der Waals surface area contributed by atoms with Crippen LogP contribution >= 0.6 is 15.9 Å². The van der Waals surface area contributed by atoms with E-state index in [9.17, 15) is 14.4 Å². The minimum absolute atomic E-state index is 0.173. The van der Waals surface area contributed by atoms with Crippen molar-refractivity contribution in [2.45, 2.75) is 44.3 Å². The number of methoxy groups -OCH3 is 1. The fraction of sp³-hybridized carbons (Fsp3) is 0.348. The lowest BCUT2D eigenvalue weighted by atomic mass is 10.0. The lowest BCUT2D eigenvalue weighted by Gasteiger charge is -2.31. The van der Waals surface area contributed by atoms with E-state index in [0.29, 0.717) is 12.2 Å². The van der Waals surface area contributed by atoms with Crippen LogP contribution in [0.4, 0.5) is 0 Å². The van der Waals surface area contributed by atoms with Crippen LogP contribution in [0, 0.1) is 0 Å². The Hall–Kier alpha value is -2.87. The first-order valence-electron chi connectivity index (χ1n) is 10.4. The van der Waals surface area contributed by atoms with E-state index >= 15 is 0 Å². The molecule has 0 radical (unpaired) electrons. The molecule has 1 unspecified atom stereocenters. The second kappa shape index (κ2) is 7.67. The van der Waals surface area contributed by atoms with Crippen LogP contribution < -0.4 is 10.4 Å². The summed E-state index contributed by atoms with van der Waals surface area (Å²) in [6.45, 7) is 0.180. The van der Waals surface area contributed by atoms with Gasteiger partial charge < -0.3 is 4.74 Å². The molecule has 1 saturated heterocycles. The lowest BCUT2D eigenvalue weighted by Crippen LogP contribution is -2.47. The van der Waals surface area contributed by atoms with Gasteiger partial charge in [0.25, 0.3) is 5.91 Å². The van der Waals surface area contributed by atoms with Crippen molar-refractivity contribution in [1.82, 2.24) is 14.0 Å². The molecule has 1 aromatic heterocycles. The molecule has 1 saturated carbocycles. The van der Waals surface area contributed by atoms with Crippen molar-refractivity contribution in [3.8, 4) is 5.75 Å². The number of hydrogen-bond acceptors (Lipinski definition) is 4. The summed E-state index contributed by atoms with van der Waals surface area (Å²) in [5, 5.41) is 0. The minimum Gasteiger partial charge on any atom is -0.497 e. The Labute approximate surface area is 187 Å². The number of likely N-dealkylation sites (tertiary alicyclic amines) is 1. The van der Waals surface area contributed by atoms with Crippen molar-refractivity contribution in [2.24, 2.45) is 0 Å². The van der Waals surface area contributed by atoms with Crippen LogP contribution in [0.3, 0.4) is 0 Å². The molecule has 2 aromatic carbocycles. The number of carbonyl (C=O) groups excluding carboxylic acids is 2. The molecule has 7 nitrogen and oxygen atoms in total. The van der Waals surface area contributed by atoms with Gasteiger partial charge in [0.15, 0.2) is 0 Å². The van der Waals surface area contributed by atoms with Gasteiger partial charge in [0, 0.05) is 16.9 Å². The standard InChI is InChI=1S/C23H22BrN3O4/c1-31-17-7-2-14(3-8-17)13-25-21(28)11-10-19(22(25)29)27-18-9-4-15(24)12-20(18)26(23(27)30)16-5-6-16/h2-4,7-9,12,16,19H,5-6,10-11,13H2,1H3. The van der Waals surface area contributed by atoms with Gasteiger partial charge in [-0.05, 0) is 55.2 Å². The van der Waals surface area contributed by atoms with Crippen LogP contribution in [0.1, 0.15) is 43.3 Å². The maximum atomic E-state index is 13.4. The van der Waals surface area contributed by atoms with Crippen molar-refractivity contribution in [2.75, 3.05) is 7.11 Å². The summed E-state index contributed by atoms with van der Waals surface area (Å²) in [6, 6.07) is 12.5. The second-order valence-electron chi connectivity index (χ2n) is 8.11. The summed E-state index contributed by atoms with van der Waals surface area (Å²) in [5.41, 5.74) is 2.22. The molecule has 2 fully saturated rings. The van der Waals surface area contributed by atoms with E-state index in [4.69, 9.17) is 4.74 Å². The van der Waals surface area contributed by atoms with Crippen molar-refractivity contribution < 1.29 is 14.3 Å². The number of nitrogens with zero attached hydrogens (tertiary/aromatic N) is 3. The highest BCUT2D eigenvalue weighted by molar-refractivity contribution is 9.10. The van der Waals surface area contributed by atoms with Crippen molar-refractivity contribution in [1.29, 1.82) is 0 Å². The predicted octanol–water partition coefficient (Wildman–Crippen LogP) is 3.80. The SMILES string of the molecule is COc1ccc(CN2C(=O)CCC(n3c(=O)n(C4CC4)c4cc(Br)ccc43)C2=O)cc1. The Morgan fingerprint density at radius 1 is 0.968 bits per heavy atom. The van der Waals surface area contributed by atoms with Gasteiger partial charge in [-0.1, -0.05) is 28.1 Å². The average molecular weight is 484 g/mol. The molecule has 0 bridgehead atoms. The van der Waals surface area contributed by atoms with E-state index < -0.39 is 6.04 Å². The second-order valence-corrected chi connectivity index (χ2v) is 9.02.